The van der Waals surface area contributed by atoms with E-state index in [-0.39, 0.29) is 21.6 Å². The summed E-state index contributed by atoms with van der Waals surface area (Å²) in [5.41, 5.74) is 4.86. The third-order valence-corrected chi connectivity index (χ3v) is 9.62. The highest BCUT2D eigenvalue weighted by Gasteiger charge is 2.34. The maximum absolute atomic E-state index is 14.9. The first kappa shape index (κ1) is 26.6. The normalized spacial score (nSPS) is 16.2. The number of hydrogen-bond acceptors (Lipinski definition) is 7. The molecule has 3 heterocycles. The molecule has 5 N–H and O–H groups in total. The number of pyridine rings is 1. The van der Waals surface area contributed by atoms with E-state index < -0.39 is 30.6 Å². The van der Waals surface area contributed by atoms with Gasteiger partial charge in [-0.1, -0.05) is 6.07 Å². The highest BCUT2D eigenvalue weighted by Crippen LogP contribution is 2.51. The Balaban J connectivity index is 1.59. The summed E-state index contributed by atoms with van der Waals surface area (Å²) in [5.74, 6) is -1.97. The van der Waals surface area contributed by atoms with E-state index in [1.165, 1.54) is 19.9 Å². The van der Waals surface area contributed by atoms with Gasteiger partial charge < -0.3 is 16.2 Å². The molecule has 0 aliphatic carbocycles. The van der Waals surface area contributed by atoms with E-state index in [2.05, 4.69) is 15.2 Å². The first-order valence-corrected chi connectivity index (χ1v) is 14.9. The van der Waals surface area contributed by atoms with Crippen molar-refractivity contribution in [3.63, 3.8) is 0 Å². The molecule has 0 radical (unpaired) electrons. The average Bonchev–Trinajstić information content (AvgIpc) is 3.18. The molecule has 0 spiro atoms. The lowest BCUT2D eigenvalue weighted by Crippen LogP contribution is -2.36. The maximum atomic E-state index is 14.9. The zero-order valence-electron chi connectivity index (χ0n) is 20.4. The van der Waals surface area contributed by atoms with E-state index in [0.29, 0.717) is 17.4 Å². The second-order valence-corrected chi connectivity index (χ2v) is 14.4. The number of carbonyl (C=O) groups excluding carboxylic acids is 1. The molecule has 36 heavy (non-hydrogen) atoms. The molecule has 0 atom stereocenters. The highest BCUT2D eigenvalue weighted by molar-refractivity contribution is 7.69. The Morgan fingerprint density at radius 3 is 2.44 bits per heavy atom. The van der Waals surface area contributed by atoms with Crippen LogP contribution in [-0.4, -0.2) is 57.9 Å². The zero-order valence-corrected chi connectivity index (χ0v) is 22.1. The Bertz CT molecular complexity index is 1260. The molecule has 1 aliphatic heterocycles. The molecule has 0 unspecified atom stereocenters. The van der Waals surface area contributed by atoms with Gasteiger partial charge in [-0.05, 0) is 49.7 Å². The first-order chi connectivity index (χ1) is 16.8. The lowest BCUT2D eigenvalue weighted by molar-refractivity contribution is 0.0778. The Kier molecular flexibility index (Phi) is 7.46. The number of halogens is 2. The van der Waals surface area contributed by atoms with Crippen molar-refractivity contribution in [1.29, 1.82) is 0 Å². The van der Waals surface area contributed by atoms with Crippen LogP contribution in [0.25, 0.3) is 10.4 Å². The van der Waals surface area contributed by atoms with Gasteiger partial charge in [0.1, 0.15) is 29.9 Å². The summed E-state index contributed by atoms with van der Waals surface area (Å²) in [7, 11) is -1.77. The van der Waals surface area contributed by atoms with Crippen LogP contribution in [0.15, 0.2) is 36.4 Å². The number of aromatic nitrogens is 1. The van der Waals surface area contributed by atoms with Crippen LogP contribution in [0.5, 0.6) is 0 Å². The minimum absolute atomic E-state index is 0.0924. The van der Waals surface area contributed by atoms with Crippen LogP contribution in [0.4, 0.5) is 19.6 Å². The lowest BCUT2D eigenvalue weighted by atomic mass is 9.96. The minimum atomic E-state index is -1.77. The summed E-state index contributed by atoms with van der Waals surface area (Å²) < 4.78 is 29.8. The number of carbonyl (C=O) groups is 1. The maximum Gasteiger partial charge on any atom is 0.251 e. The number of nitrogens with two attached hydrogens (primary N) is 1. The largest absolute Gasteiger partial charge is 0.386 e. The van der Waals surface area contributed by atoms with Crippen molar-refractivity contribution < 1.29 is 23.6 Å². The second-order valence-electron chi connectivity index (χ2n) is 9.79. The fourth-order valence-electron chi connectivity index (χ4n) is 4.03. The minimum Gasteiger partial charge on any atom is -0.386 e. The fraction of sp³-hybridized carbons (Fsp3) is 0.360. The molecule has 4 rings (SSSR count). The predicted molar refractivity (Wildman–Crippen MR) is 141 cm³/mol. The quantitative estimate of drug-likeness (QED) is 0.331. The number of nitrogens with zero attached hydrogens (tertiary/aromatic N) is 2. The number of amides is 1. The standard InChI is InChI=1S/C25H29F2N4O3PS/c1-25(2,33)15-11-18(26)22(19(27)12-15)20-13-17(23(28)32)24(36-20)30-21-6-4-5-16(29-21)14-31-7-9-35(3,34)10-8-31/h4-6,11-13,33-34H,7-10,14H2,1-3H3,(H2-,28,29,30,32)/p+1. The van der Waals surface area contributed by atoms with Gasteiger partial charge in [-0.25, -0.2) is 13.8 Å². The van der Waals surface area contributed by atoms with Gasteiger partial charge in [0, 0.05) is 24.5 Å². The summed E-state index contributed by atoms with van der Waals surface area (Å²) in [4.78, 5) is 29.4. The number of aliphatic hydroxyl groups is 1. The van der Waals surface area contributed by atoms with Crippen LogP contribution < -0.4 is 11.1 Å². The second kappa shape index (κ2) is 10.1. The smallest absolute Gasteiger partial charge is 0.251 e. The molecule has 1 saturated heterocycles. The van der Waals surface area contributed by atoms with Crippen molar-refractivity contribution in [3.8, 4) is 10.4 Å². The van der Waals surface area contributed by atoms with Crippen molar-refractivity contribution >= 4 is 35.6 Å². The molecule has 0 saturated carbocycles. The number of hydrogen-bond donors (Lipinski definition) is 4. The van der Waals surface area contributed by atoms with E-state index in [0.717, 1.165) is 54.6 Å². The van der Waals surface area contributed by atoms with Crippen molar-refractivity contribution in [1.82, 2.24) is 9.88 Å². The van der Waals surface area contributed by atoms with Gasteiger partial charge in [-0.15, -0.1) is 11.3 Å². The van der Waals surface area contributed by atoms with Crippen molar-refractivity contribution in [2.24, 2.45) is 5.73 Å². The molecule has 1 amide bonds. The number of benzene rings is 1. The fourth-order valence-corrected chi connectivity index (χ4v) is 6.80. The van der Waals surface area contributed by atoms with Gasteiger partial charge in [0.05, 0.1) is 41.4 Å². The predicted octanol–water partition coefficient (Wildman–Crippen LogP) is 4.53. The molecule has 1 fully saturated rings. The van der Waals surface area contributed by atoms with Gasteiger partial charge in [-0.3, -0.25) is 14.6 Å². The van der Waals surface area contributed by atoms with Crippen LogP contribution >= 0.6 is 18.8 Å². The summed E-state index contributed by atoms with van der Waals surface area (Å²) >= 11 is 0.990. The number of nitrogens with one attached hydrogen (secondary N) is 1. The van der Waals surface area contributed by atoms with Gasteiger partial charge in [0.2, 0.25) is 0 Å². The van der Waals surface area contributed by atoms with E-state index >= 15 is 0 Å². The van der Waals surface area contributed by atoms with Crippen LogP contribution in [0, 0.1) is 11.6 Å². The van der Waals surface area contributed by atoms with E-state index in [4.69, 9.17) is 5.73 Å². The molecule has 1 aromatic carbocycles. The Morgan fingerprint density at radius 1 is 1.22 bits per heavy atom. The molecule has 7 nitrogen and oxygen atoms in total. The number of primary amides is 1. The number of thiophene rings is 1. The van der Waals surface area contributed by atoms with Crippen LogP contribution in [0.1, 0.15) is 35.5 Å². The number of anilines is 2. The Morgan fingerprint density at radius 2 is 1.86 bits per heavy atom. The molecule has 1 aliphatic rings. The monoisotopic (exact) mass is 535 g/mol. The molecular weight excluding hydrogens is 505 g/mol. The SMILES string of the molecule is CC(C)(O)c1cc(F)c(-c2cc(C(N)=O)c(Nc3cccc(CN4CC[P+](C)(O)CC4)n3)s2)c(F)c1. The summed E-state index contributed by atoms with van der Waals surface area (Å²) in [6.07, 6.45) is 1.60. The van der Waals surface area contributed by atoms with Gasteiger partial charge >= 0.3 is 0 Å². The van der Waals surface area contributed by atoms with Crippen molar-refractivity contribution in [3.05, 3.63) is 64.9 Å². The molecule has 192 valence electrons. The Labute approximate surface area is 213 Å². The van der Waals surface area contributed by atoms with E-state index in [1.54, 1.807) is 6.07 Å². The van der Waals surface area contributed by atoms with Crippen molar-refractivity contribution in [2.75, 3.05) is 37.4 Å². The summed E-state index contributed by atoms with van der Waals surface area (Å²) in [6, 6.07) is 9.00. The highest BCUT2D eigenvalue weighted by atomic mass is 32.1. The van der Waals surface area contributed by atoms with Crippen molar-refractivity contribution in [2.45, 2.75) is 26.0 Å². The average molecular weight is 536 g/mol. The lowest BCUT2D eigenvalue weighted by Gasteiger charge is -2.30. The zero-order chi connectivity index (χ0) is 26.3. The van der Waals surface area contributed by atoms with Gasteiger partial charge in [0.15, 0.2) is 0 Å². The van der Waals surface area contributed by atoms with Crippen LogP contribution in [0.3, 0.4) is 0 Å². The van der Waals surface area contributed by atoms with Crippen LogP contribution in [-0.2, 0) is 12.1 Å². The third kappa shape index (κ3) is 6.07. The molecular formula is C25H30F2N4O3PS+. The summed E-state index contributed by atoms with van der Waals surface area (Å²) in [5, 5.41) is 13.5. The number of rotatable bonds is 7. The van der Waals surface area contributed by atoms with Gasteiger partial charge in [0.25, 0.3) is 5.91 Å². The van der Waals surface area contributed by atoms with E-state index in [9.17, 15) is 23.6 Å². The van der Waals surface area contributed by atoms with Gasteiger partial charge in [-0.2, -0.15) is 0 Å². The molecule has 0 bridgehead atoms. The Hall–Kier alpha value is -2.49. The topological polar surface area (TPSA) is 112 Å². The first-order valence-electron chi connectivity index (χ1n) is 11.5. The third-order valence-electron chi connectivity index (χ3n) is 6.22. The van der Waals surface area contributed by atoms with Crippen LogP contribution in [0.2, 0.25) is 0 Å². The molecule has 3 aromatic rings. The molecule has 11 heteroatoms. The van der Waals surface area contributed by atoms with E-state index in [1.807, 2.05) is 18.8 Å². The summed E-state index contributed by atoms with van der Waals surface area (Å²) in [6.45, 7) is 7.08. The molecule has 2 aromatic heterocycles.